The quantitative estimate of drug-likeness (QED) is 0.640. The van der Waals surface area contributed by atoms with Gasteiger partial charge in [-0.1, -0.05) is 68.0 Å². The Morgan fingerprint density at radius 2 is 1.77 bits per heavy atom. The van der Waals surface area contributed by atoms with Crippen LogP contribution in [-0.2, 0) is 26.1 Å². The Morgan fingerprint density at radius 3 is 2.46 bits per heavy atom. The second kappa shape index (κ2) is 7.84. The van der Waals surface area contributed by atoms with Crippen molar-refractivity contribution in [3.63, 3.8) is 0 Å². The number of hydrogen-bond acceptors (Lipinski definition) is 5. The van der Waals surface area contributed by atoms with Gasteiger partial charge in [0.05, 0.1) is 22.5 Å². The van der Waals surface area contributed by atoms with Crippen molar-refractivity contribution in [3.8, 4) is 0 Å². The van der Waals surface area contributed by atoms with Crippen molar-refractivity contribution >= 4 is 15.8 Å². The Kier molecular flexibility index (Phi) is 5.17. The Bertz CT molecular complexity index is 1290. The zero-order chi connectivity index (χ0) is 24.6. The lowest BCUT2D eigenvalue weighted by Gasteiger charge is -2.46. The van der Waals surface area contributed by atoms with E-state index in [0.717, 1.165) is 12.1 Å². The number of fused-ring (bicyclic) bond motifs is 2. The number of carbonyl (C=O) groups excluding carboxylic acids is 1. The van der Waals surface area contributed by atoms with Crippen molar-refractivity contribution in [1.29, 1.82) is 0 Å². The summed E-state index contributed by atoms with van der Waals surface area (Å²) in [5, 5.41) is 0. The summed E-state index contributed by atoms with van der Waals surface area (Å²) < 4.78 is 36.6. The molecule has 4 aliphatic rings. The molecular weight excluding hydrogens is 460 g/mol. The minimum Gasteiger partial charge on any atom is -0.367 e. The van der Waals surface area contributed by atoms with E-state index in [0.29, 0.717) is 13.1 Å². The number of aryl methyl sites for hydroxylation is 1. The SMILES string of the molecule is Cc1ccc(S(=O)(=O)N2C[C@@]34CN(Cc5ccccc5)C[C@@H](O3)[C@H]3C(=O)C=C[C@]2(C(C)C)[C@H]34)cc1. The second-order valence-electron chi connectivity index (χ2n) is 11.0. The minimum atomic E-state index is -3.81. The number of sulfonamides is 1. The molecule has 0 aromatic heterocycles. The molecule has 3 aliphatic heterocycles. The number of rotatable bonds is 5. The van der Waals surface area contributed by atoms with Gasteiger partial charge in [0.15, 0.2) is 5.78 Å². The molecule has 2 bridgehead atoms. The minimum absolute atomic E-state index is 0.0236. The molecule has 1 spiro atoms. The molecule has 0 amide bonds. The Labute approximate surface area is 207 Å². The molecule has 3 heterocycles. The normalized spacial score (nSPS) is 34.5. The van der Waals surface area contributed by atoms with Crippen molar-refractivity contribution in [3.05, 3.63) is 77.9 Å². The van der Waals surface area contributed by atoms with Gasteiger partial charge >= 0.3 is 0 Å². The molecule has 1 aliphatic carbocycles. The predicted molar refractivity (Wildman–Crippen MR) is 133 cm³/mol. The molecule has 6 rings (SSSR count). The maximum absolute atomic E-state index is 14.1. The molecule has 3 saturated heterocycles. The van der Waals surface area contributed by atoms with Crippen molar-refractivity contribution in [2.24, 2.45) is 17.8 Å². The zero-order valence-electron chi connectivity index (χ0n) is 20.4. The smallest absolute Gasteiger partial charge is 0.243 e. The number of hydrogen-bond donors (Lipinski definition) is 0. The van der Waals surface area contributed by atoms with Gasteiger partial charge in [-0.2, -0.15) is 4.31 Å². The van der Waals surface area contributed by atoms with Crippen LogP contribution in [0.5, 0.6) is 0 Å². The summed E-state index contributed by atoms with van der Waals surface area (Å²) in [4.78, 5) is 15.9. The Balaban J connectivity index is 1.46. The van der Waals surface area contributed by atoms with Crippen LogP contribution >= 0.6 is 0 Å². The van der Waals surface area contributed by atoms with Gasteiger partial charge in [0.1, 0.15) is 5.60 Å². The molecule has 3 fully saturated rings. The van der Waals surface area contributed by atoms with Crippen molar-refractivity contribution in [2.75, 3.05) is 19.6 Å². The van der Waals surface area contributed by atoms with Crippen LogP contribution in [0.25, 0.3) is 0 Å². The second-order valence-corrected chi connectivity index (χ2v) is 12.8. The third kappa shape index (κ3) is 3.25. The molecule has 0 saturated carbocycles. The number of ether oxygens (including phenoxy) is 1. The molecule has 7 heteroatoms. The molecule has 0 N–H and O–H groups in total. The molecule has 2 aromatic carbocycles. The number of morpholine rings is 1. The third-order valence-corrected chi connectivity index (χ3v) is 10.5. The molecular formula is C28H32N2O4S. The summed E-state index contributed by atoms with van der Waals surface area (Å²) in [6, 6.07) is 17.3. The standard InChI is InChI=1S/C28H32N2O4S/c1-19(2)28-14-13-23(31)25-24-16-29(15-21-7-5-4-6-8-21)17-27(34-24,26(25)28)18-30(28)35(32,33)22-11-9-20(3)10-12-22/h4-14,19,24-26H,15-18H2,1-3H3/t24-,25-,26-,27-,28+/m1/s1. The first kappa shape index (κ1) is 23.1. The van der Waals surface area contributed by atoms with E-state index in [2.05, 4.69) is 30.9 Å². The lowest BCUT2D eigenvalue weighted by atomic mass is 9.63. The van der Waals surface area contributed by atoms with Crippen LogP contribution < -0.4 is 0 Å². The topological polar surface area (TPSA) is 66.9 Å². The predicted octanol–water partition coefficient (Wildman–Crippen LogP) is 3.42. The molecule has 0 unspecified atom stereocenters. The highest BCUT2D eigenvalue weighted by atomic mass is 32.2. The molecule has 35 heavy (non-hydrogen) atoms. The van der Waals surface area contributed by atoms with E-state index in [1.165, 1.54) is 5.56 Å². The first-order valence-corrected chi connectivity index (χ1v) is 13.9. The maximum atomic E-state index is 14.1. The van der Waals surface area contributed by atoms with Crippen LogP contribution in [0.2, 0.25) is 0 Å². The molecule has 0 radical (unpaired) electrons. The summed E-state index contributed by atoms with van der Waals surface area (Å²) in [5.74, 6) is -0.501. The van der Waals surface area contributed by atoms with Gasteiger partial charge in [-0.25, -0.2) is 8.42 Å². The van der Waals surface area contributed by atoms with E-state index in [1.807, 2.05) is 43.3 Å². The van der Waals surface area contributed by atoms with Gasteiger partial charge in [-0.3, -0.25) is 9.69 Å². The van der Waals surface area contributed by atoms with Crippen LogP contribution in [0.4, 0.5) is 0 Å². The summed E-state index contributed by atoms with van der Waals surface area (Å²) in [6.07, 6.45) is 3.29. The Hall–Kier alpha value is -2.32. The highest BCUT2D eigenvalue weighted by Crippen LogP contribution is 2.62. The van der Waals surface area contributed by atoms with E-state index in [1.54, 1.807) is 22.5 Å². The van der Waals surface area contributed by atoms with Gasteiger partial charge in [-0.15, -0.1) is 0 Å². The van der Waals surface area contributed by atoms with Gasteiger partial charge < -0.3 is 4.74 Å². The summed E-state index contributed by atoms with van der Waals surface area (Å²) in [7, 11) is -3.81. The van der Waals surface area contributed by atoms with Crippen LogP contribution in [0.1, 0.15) is 25.0 Å². The number of benzene rings is 2. The average molecular weight is 493 g/mol. The average Bonchev–Trinajstić information content (AvgIpc) is 3.24. The van der Waals surface area contributed by atoms with E-state index < -0.39 is 21.2 Å². The van der Waals surface area contributed by atoms with Crippen LogP contribution in [0.3, 0.4) is 0 Å². The lowest BCUT2D eigenvalue weighted by molar-refractivity contribution is -0.128. The van der Waals surface area contributed by atoms with E-state index in [-0.39, 0.29) is 41.1 Å². The van der Waals surface area contributed by atoms with Gasteiger partial charge in [0, 0.05) is 32.1 Å². The van der Waals surface area contributed by atoms with Gasteiger partial charge in [0.2, 0.25) is 10.0 Å². The summed E-state index contributed by atoms with van der Waals surface area (Å²) >= 11 is 0. The number of ketones is 1. The maximum Gasteiger partial charge on any atom is 0.243 e. The van der Waals surface area contributed by atoms with Crippen molar-refractivity contribution in [1.82, 2.24) is 9.21 Å². The van der Waals surface area contributed by atoms with E-state index in [9.17, 15) is 13.2 Å². The monoisotopic (exact) mass is 492 g/mol. The van der Waals surface area contributed by atoms with Crippen LogP contribution in [-0.4, -0.2) is 60.3 Å². The van der Waals surface area contributed by atoms with Crippen LogP contribution in [0, 0.1) is 24.7 Å². The highest BCUT2D eigenvalue weighted by Gasteiger charge is 2.75. The van der Waals surface area contributed by atoms with Crippen LogP contribution in [0.15, 0.2) is 71.6 Å². The largest absolute Gasteiger partial charge is 0.367 e. The van der Waals surface area contributed by atoms with Gasteiger partial charge in [0.25, 0.3) is 0 Å². The van der Waals surface area contributed by atoms with E-state index >= 15 is 0 Å². The third-order valence-electron chi connectivity index (χ3n) is 8.61. The lowest BCUT2D eigenvalue weighted by Crippen LogP contribution is -2.58. The number of likely N-dealkylation sites (tertiary alicyclic amines) is 1. The van der Waals surface area contributed by atoms with Crippen molar-refractivity contribution < 1.29 is 17.9 Å². The fraction of sp³-hybridized carbons (Fsp3) is 0.464. The fourth-order valence-electron chi connectivity index (χ4n) is 7.20. The number of carbonyl (C=O) groups is 1. The molecule has 2 aromatic rings. The first-order chi connectivity index (χ1) is 16.7. The molecule has 5 atom stereocenters. The first-order valence-electron chi connectivity index (χ1n) is 12.4. The molecule has 184 valence electrons. The van der Waals surface area contributed by atoms with Gasteiger partial charge in [-0.05, 0) is 36.6 Å². The highest BCUT2D eigenvalue weighted by molar-refractivity contribution is 7.89. The fourth-order valence-corrected chi connectivity index (χ4v) is 9.12. The molecule has 6 nitrogen and oxygen atoms in total. The van der Waals surface area contributed by atoms with Crippen molar-refractivity contribution in [2.45, 2.75) is 49.5 Å². The summed E-state index contributed by atoms with van der Waals surface area (Å²) in [5.41, 5.74) is 0.692. The Morgan fingerprint density at radius 1 is 1.06 bits per heavy atom. The van der Waals surface area contributed by atoms with E-state index in [4.69, 9.17) is 4.74 Å². The number of nitrogens with zero attached hydrogens (tertiary/aromatic N) is 2. The zero-order valence-corrected chi connectivity index (χ0v) is 21.2. The summed E-state index contributed by atoms with van der Waals surface area (Å²) in [6.45, 7) is 8.37. The number of allylic oxidation sites excluding steroid dienone is 1.